The third-order valence-corrected chi connectivity index (χ3v) is 7.81. The molecular formula is C26H31N3O3S. The van der Waals surface area contributed by atoms with E-state index in [1.807, 2.05) is 35.1 Å². The number of hydrogen-bond donors (Lipinski definition) is 1. The fourth-order valence-corrected chi connectivity index (χ4v) is 6.19. The molecule has 33 heavy (non-hydrogen) atoms. The van der Waals surface area contributed by atoms with Crippen molar-refractivity contribution in [2.45, 2.75) is 49.6 Å². The lowest BCUT2D eigenvalue weighted by molar-refractivity contribution is 0.138. The zero-order valence-corrected chi connectivity index (χ0v) is 19.8. The van der Waals surface area contributed by atoms with Gasteiger partial charge in [-0.25, -0.2) is 8.42 Å². The molecule has 0 unspecified atom stereocenters. The fraction of sp³-hybridized carbons (Fsp3) is 0.423. The molecule has 0 bridgehead atoms. The molecule has 6 nitrogen and oxygen atoms in total. The van der Waals surface area contributed by atoms with Crippen LogP contribution < -0.4 is 0 Å². The van der Waals surface area contributed by atoms with Crippen LogP contribution in [-0.2, 0) is 28.6 Å². The molecule has 0 amide bonds. The first kappa shape index (κ1) is 22.3. The zero-order valence-electron chi connectivity index (χ0n) is 19.0. The Balaban J connectivity index is 1.20. The largest absolute Gasteiger partial charge is 0.390 e. The Bertz CT molecular complexity index is 1230. The smallest absolute Gasteiger partial charge is 0.151 e. The van der Waals surface area contributed by atoms with Gasteiger partial charge in [0.05, 0.1) is 18.1 Å². The van der Waals surface area contributed by atoms with Crippen molar-refractivity contribution in [2.75, 3.05) is 19.3 Å². The van der Waals surface area contributed by atoms with Gasteiger partial charge in [0.1, 0.15) is 6.04 Å². The van der Waals surface area contributed by atoms with Crippen molar-refractivity contribution in [3.05, 3.63) is 88.7 Å². The number of nitrogens with zero attached hydrogens (tertiary/aromatic N) is 3. The van der Waals surface area contributed by atoms with Crippen LogP contribution in [0.5, 0.6) is 0 Å². The summed E-state index contributed by atoms with van der Waals surface area (Å²) in [5.74, 6) is 0.567. The monoisotopic (exact) mass is 465 g/mol. The maximum absolute atomic E-state index is 11.6. The van der Waals surface area contributed by atoms with Crippen LogP contribution in [0.25, 0.3) is 0 Å². The normalized spacial score (nSPS) is 21.9. The topological polar surface area (TPSA) is 75.4 Å². The van der Waals surface area contributed by atoms with Crippen LogP contribution >= 0.6 is 0 Å². The van der Waals surface area contributed by atoms with Crippen molar-refractivity contribution in [2.24, 2.45) is 0 Å². The number of likely N-dealkylation sites (tertiary alicyclic amines) is 1. The van der Waals surface area contributed by atoms with E-state index in [1.54, 1.807) is 0 Å². The van der Waals surface area contributed by atoms with E-state index >= 15 is 0 Å². The molecule has 7 heteroatoms. The zero-order chi connectivity index (χ0) is 23.0. The van der Waals surface area contributed by atoms with Gasteiger partial charge in [-0.05, 0) is 54.1 Å². The van der Waals surface area contributed by atoms with Crippen molar-refractivity contribution < 1.29 is 13.5 Å². The molecule has 2 aliphatic rings. The number of fused-ring (bicyclic) bond motifs is 1. The highest BCUT2D eigenvalue weighted by atomic mass is 32.2. The third kappa shape index (κ3) is 5.05. The molecule has 1 aliphatic heterocycles. The first-order chi connectivity index (χ1) is 15.9. The van der Waals surface area contributed by atoms with E-state index in [-0.39, 0.29) is 11.8 Å². The minimum Gasteiger partial charge on any atom is -0.390 e. The van der Waals surface area contributed by atoms with Gasteiger partial charge in [-0.3, -0.25) is 9.58 Å². The van der Waals surface area contributed by atoms with Gasteiger partial charge in [0, 0.05) is 31.0 Å². The van der Waals surface area contributed by atoms with Gasteiger partial charge in [0.2, 0.25) is 0 Å². The lowest BCUT2D eigenvalue weighted by Crippen LogP contribution is -2.32. The number of piperidine rings is 1. The third-order valence-electron chi connectivity index (χ3n) is 6.95. The van der Waals surface area contributed by atoms with Crippen molar-refractivity contribution >= 4 is 9.84 Å². The van der Waals surface area contributed by atoms with Crippen LogP contribution in [0, 0.1) is 0 Å². The summed E-state index contributed by atoms with van der Waals surface area (Å²) in [6.45, 7) is 2.85. The van der Waals surface area contributed by atoms with Crippen LogP contribution in [0.2, 0.25) is 0 Å². The highest BCUT2D eigenvalue weighted by Crippen LogP contribution is 2.34. The Kier molecular flexibility index (Phi) is 6.12. The quantitative estimate of drug-likeness (QED) is 0.605. The summed E-state index contributed by atoms with van der Waals surface area (Å²) < 4.78 is 25.2. The molecule has 1 aromatic heterocycles. The second kappa shape index (κ2) is 9.05. The van der Waals surface area contributed by atoms with E-state index in [9.17, 15) is 13.5 Å². The summed E-state index contributed by atoms with van der Waals surface area (Å²) in [6, 6.07) is 16.2. The number of aromatic nitrogens is 2. The molecule has 1 N–H and O–H groups in total. The van der Waals surface area contributed by atoms with Crippen LogP contribution in [0.4, 0.5) is 0 Å². The summed E-state index contributed by atoms with van der Waals surface area (Å²) in [4.78, 5) is 2.46. The fourth-order valence-electron chi connectivity index (χ4n) is 5.40. The van der Waals surface area contributed by atoms with E-state index in [0.717, 1.165) is 38.0 Å². The van der Waals surface area contributed by atoms with Crippen molar-refractivity contribution in [3.63, 3.8) is 0 Å². The molecule has 0 radical (unpaired) electrons. The van der Waals surface area contributed by atoms with Crippen molar-refractivity contribution in [1.29, 1.82) is 0 Å². The molecule has 2 aromatic carbocycles. The standard InChI is InChI=1S/C26H31N3O3S/c1-33(31,32)18-19-5-4-7-22(13-19)21-9-11-28(12-10-21)16-20-15-27-29(17-20)26-24-8-3-2-6-23(24)14-25(26)30/h2-8,13,15,17,21,25-26,30H,9-12,14,16,18H2,1H3/t25-,26-/m1/s1. The molecule has 2 heterocycles. The van der Waals surface area contributed by atoms with Crippen LogP contribution in [0.1, 0.15) is 52.6 Å². The van der Waals surface area contributed by atoms with Gasteiger partial charge in [-0.1, -0.05) is 48.5 Å². The average molecular weight is 466 g/mol. The van der Waals surface area contributed by atoms with Crippen LogP contribution in [0.15, 0.2) is 60.9 Å². The number of aliphatic hydroxyl groups is 1. The van der Waals surface area contributed by atoms with Gasteiger partial charge in [-0.2, -0.15) is 5.10 Å². The van der Waals surface area contributed by atoms with Gasteiger partial charge in [-0.15, -0.1) is 0 Å². The second-order valence-electron chi connectivity index (χ2n) is 9.61. The van der Waals surface area contributed by atoms with E-state index < -0.39 is 15.9 Å². The predicted molar refractivity (Wildman–Crippen MR) is 129 cm³/mol. The molecular weight excluding hydrogens is 434 g/mol. The summed E-state index contributed by atoms with van der Waals surface area (Å²) in [5, 5.41) is 15.2. The van der Waals surface area contributed by atoms with E-state index in [2.05, 4.69) is 40.5 Å². The maximum Gasteiger partial charge on any atom is 0.151 e. The van der Waals surface area contributed by atoms with Gasteiger partial charge >= 0.3 is 0 Å². The Morgan fingerprint density at radius 3 is 2.64 bits per heavy atom. The number of aliphatic hydroxyl groups excluding tert-OH is 1. The molecule has 0 saturated carbocycles. The molecule has 1 saturated heterocycles. The minimum atomic E-state index is -3.02. The number of sulfone groups is 1. The predicted octanol–water partition coefficient (Wildman–Crippen LogP) is 3.31. The second-order valence-corrected chi connectivity index (χ2v) is 11.7. The summed E-state index contributed by atoms with van der Waals surface area (Å²) in [6.07, 6.45) is 7.65. The molecule has 3 aromatic rings. The Labute approximate surface area is 195 Å². The van der Waals surface area contributed by atoms with E-state index in [0.29, 0.717) is 12.3 Å². The maximum atomic E-state index is 11.6. The molecule has 1 aliphatic carbocycles. The Hall–Kier alpha value is -2.48. The first-order valence-corrected chi connectivity index (χ1v) is 13.7. The molecule has 5 rings (SSSR count). The molecule has 2 atom stereocenters. The van der Waals surface area contributed by atoms with E-state index in [4.69, 9.17) is 0 Å². The van der Waals surface area contributed by atoms with Crippen molar-refractivity contribution in [1.82, 2.24) is 14.7 Å². The van der Waals surface area contributed by atoms with Gasteiger partial charge < -0.3 is 5.11 Å². The Morgan fingerprint density at radius 2 is 1.85 bits per heavy atom. The van der Waals surface area contributed by atoms with E-state index in [1.165, 1.54) is 28.5 Å². The van der Waals surface area contributed by atoms with Gasteiger partial charge in [0.15, 0.2) is 9.84 Å². The minimum absolute atomic E-state index is 0.101. The highest BCUT2D eigenvalue weighted by Gasteiger charge is 2.32. The molecule has 174 valence electrons. The van der Waals surface area contributed by atoms with Crippen LogP contribution in [0.3, 0.4) is 0 Å². The summed E-state index contributed by atoms with van der Waals surface area (Å²) in [7, 11) is -3.02. The van der Waals surface area contributed by atoms with Crippen LogP contribution in [-0.4, -0.2) is 53.7 Å². The average Bonchev–Trinajstić information content (AvgIpc) is 3.36. The number of hydrogen-bond acceptors (Lipinski definition) is 5. The summed E-state index contributed by atoms with van der Waals surface area (Å²) >= 11 is 0. The highest BCUT2D eigenvalue weighted by molar-refractivity contribution is 7.89. The molecule has 1 fully saturated rings. The lowest BCUT2D eigenvalue weighted by Gasteiger charge is -2.32. The number of rotatable bonds is 6. The Morgan fingerprint density at radius 1 is 1.06 bits per heavy atom. The molecule has 0 spiro atoms. The summed E-state index contributed by atoms with van der Waals surface area (Å²) in [5.41, 5.74) is 5.66. The SMILES string of the molecule is CS(=O)(=O)Cc1cccc(C2CCN(Cc3cnn([C@@H]4c5ccccc5C[C@H]4O)c3)CC2)c1. The lowest BCUT2D eigenvalue weighted by atomic mass is 9.88. The van der Waals surface area contributed by atoms with Gasteiger partial charge in [0.25, 0.3) is 0 Å². The van der Waals surface area contributed by atoms with Crippen molar-refractivity contribution in [3.8, 4) is 0 Å². The number of benzene rings is 2. The first-order valence-electron chi connectivity index (χ1n) is 11.6.